The summed E-state index contributed by atoms with van der Waals surface area (Å²) in [4.78, 5) is 24.7. The zero-order chi connectivity index (χ0) is 21.6. The van der Waals surface area contributed by atoms with Gasteiger partial charge in [-0.2, -0.15) is 5.11 Å². The summed E-state index contributed by atoms with van der Waals surface area (Å²) in [6.07, 6.45) is 2.28. The Morgan fingerprint density at radius 2 is 2.21 bits per heavy atom. The second-order valence-electron chi connectivity index (χ2n) is 6.47. The number of ether oxygens (including phenoxy) is 1. The molecule has 13 nitrogen and oxygen atoms in total. The van der Waals surface area contributed by atoms with Crippen LogP contribution in [-0.4, -0.2) is 73.5 Å². The highest BCUT2D eigenvalue weighted by atomic mass is 32.2. The van der Waals surface area contributed by atoms with Crippen molar-refractivity contribution >= 4 is 37.5 Å². The second kappa shape index (κ2) is 10.1. The molecular formula is C14H22N6O7S2. The zero-order valence-electron chi connectivity index (χ0n) is 15.7. The fraction of sp³-hybridized carbons (Fsp3) is 0.714. The zero-order valence-corrected chi connectivity index (χ0v) is 17.4. The van der Waals surface area contributed by atoms with E-state index in [2.05, 4.69) is 25.3 Å². The van der Waals surface area contributed by atoms with E-state index in [0.717, 1.165) is 23.8 Å². The Morgan fingerprint density at radius 3 is 2.76 bits per heavy atom. The number of aliphatic carboxylic acids is 1. The Balaban J connectivity index is 2.15. The van der Waals surface area contributed by atoms with Crippen LogP contribution in [0.25, 0.3) is 0 Å². The minimum absolute atomic E-state index is 0.0803. The highest BCUT2D eigenvalue weighted by Crippen LogP contribution is 2.30. The molecule has 4 atom stereocenters. The third-order valence-corrected chi connectivity index (χ3v) is 5.83. The van der Waals surface area contributed by atoms with E-state index in [4.69, 9.17) is 9.84 Å². The van der Waals surface area contributed by atoms with Crippen molar-refractivity contribution in [3.8, 4) is 0 Å². The molecule has 0 aliphatic heterocycles. The lowest BCUT2D eigenvalue weighted by molar-refractivity contribution is -0.380. The molecule has 0 spiro atoms. The van der Waals surface area contributed by atoms with Crippen molar-refractivity contribution in [2.24, 2.45) is 10.2 Å². The second-order valence-corrected chi connectivity index (χ2v) is 9.24. The minimum atomic E-state index is -3.55. The molecule has 4 unspecified atom stereocenters. The molecular weight excluding hydrogens is 428 g/mol. The molecule has 1 saturated carbocycles. The lowest BCUT2D eigenvalue weighted by atomic mass is 9.85. The number of carboxylic acid groups (broad SMARTS) is 1. The molecule has 0 saturated heterocycles. The molecule has 15 heteroatoms. The van der Waals surface area contributed by atoms with E-state index in [0.29, 0.717) is 12.8 Å². The van der Waals surface area contributed by atoms with Gasteiger partial charge in [-0.25, -0.2) is 18.1 Å². The lowest BCUT2D eigenvalue weighted by Crippen LogP contribution is -2.56. The molecule has 1 aliphatic carbocycles. The molecule has 29 heavy (non-hydrogen) atoms. The van der Waals surface area contributed by atoms with Crippen LogP contribution in [0.4, 0.5) is 10.1 Å². The lowest BCUT2D eigenvalue weighted by Gasteiger charge is -2.39. The van der Waals surface area contributed by atoms with Gasteiger partial charge in [0.25, 0.3) is 0 Å². The predicted octanol–water partition coefficient (Wildman–Crippen LogP) is 0.663. The van der Waals surface area contributed by atoms with Gasteiger partial charge in [-0.15, -0.1) is 5.11 Å². The van der Waals surface area contributed by atoms with Gasteiger partial charge >= 0.3 is 11.0 Å². The van der Waals surface area contributed by atoms with Crippen LogP contribution in [0.2, 0.25) is 0 Å². The average molecular weight is 450 g/mol. The number of aromatic nitrogens is 1. The van der Waals surface area contributed by atoms with E-state index in [1.165, 1.54) is 7.11 Å². The van der Waals surface area contributed by atoms with Gasteiger partial charge in [0.2, 0.25) is 15.2 Å². The van der Waals surface area contributed by atoms with Gasteiger partial charge in [-0.3, -0.25) is 14.9 Å². The molecule has 1 heterocycles. The molecule has 1 fully saturated rings. The number of sulfonamides is 1. The molecule has 0 aromatic carbocycles. The van der Waals surface area contributed by atoms with Crippen LogP contribution in [0.3, 0.4) is 0 Å². The van der Waals surface area contributed by atoms with Gasteiger partial charge in [0.1, 0.15) is 6.20 Å². The van der Waals surface area contributed by atoms with E-state index in [1.54, 1.807) is 0 Å². The van der Waals surface area contributed by atoms with Gasteiger partial charge in [-0.1, -0.05) is 0 Å². The fourth-order valence-electron chi connectivity index (χ4n) is 3.03. The molecule has 2 rings (SSSR count). The van der Waals surface area contributed by atoms with Crippen molar-refractivity contribution in [1.82, 2.24) is 15.0 Å². The Hall–Kier alpha value is -2.07. The van der Waals surface area contributed by atoms with E-state index >= 15 is 0 Å². The first kappa shape index (κ1) is 23.2. The number of hydrogen-bond acceptors (Lipinski definition) is 11. The van der Waals surface area contributed by atoms with E-state index in [1.807, 2.05) is 0 Å². The van der Waals surface area contributed by atoms with E-state index in [-0.39, 0.29) is 35.2 Å². The van der Waals surface area contributed by atoms with Crippen molar-refractivity contribution in [3.63, 3.8) is 0 Å². The van der Waals surface area contributed by atoms with Crippen LogP contribution in [0, 0.1) is 10.1 Å². The SMILES string of the molecule is COC1CC(N=Nc2ncc([N+](=O)[O-])s2)C(NS(C)(=O)=O)CC1NCCC(=O)O. The molecule has 1 aromatic heterocycles. The summed E-state index contributed by atoms with van der Waals surface area (Å²) >= 11 is 0.756. The predicted molar refractivity (Wildman–Crippen MR) is 103 cm³/mol. The summed E-state index contributed by atoms with van der Waals surface area (Å²) in [5.41, 5.74) is 0. The van der Waals surface area contributed by atoms with Crippen molar-refractivity contribution in [3.05, 3.63) is 16.3 Å². The Bertz CT molecular complexity index is 858. The van der Waals surface area contributed by atoms with Gasteiger partial charge < -0.3 is 15.2 Å². The summed E-state index contributed by atoms with van der Waals surface area (Å²) in [5.74, 6) is -0.947. The van der Waals surface area contributed by atoms with Crippen LogP contribution in [-0.2, 0) is 19.6 Å². The summed E-state index contributed by atoms with van der Waals surface area (Å²) in [7, 11) is -2.05. The maximum absolute atomic E-state index is 11.8. The number of rotatable bonds is 10. The molecule has 0 radical (unpaired) electrons. The van der Waals surface area contributed by atoms with Crippen LogP contribution in [0.5, 0.6) is 0 Å². The van der Waals surface area contributed by atoms with Crippen molar-refractivity contribution in [2.45, 2.75) is 43.5 Å². The number of thiazole rings is 1. The summed E-state index contributed by atoms with van der Waals surface area (Å²) in [5, 5.41) is 30.6. The number of nitrogens with zero attached hydrogens (tertiary/aromatic N) is 4. The average Bonchev–Trinajstić information content (AvgIpc) is 3.08. The van der Waals surface area contributed by atoms with Crippen LogP contribution >= 0.6 is 11.3 Å². The van der Waals surface area contributed by atoms with E-state index < -0.39 is 33.0 Å². The summed E-state index contributed by atoms with van der Waals surface area (Å²) < 4.78 is 31.5. The Labute approximate surface area is 170 Å². The minimum Gasteiger partial charge on any atom is -0.481 e. The number of methoxy groups -OCH3 is 1. The highest BCUT2D eigenvalue weighted by Gasteiger charge is 2.38. The number of azo groups is 1. The summed E-state index contributed by atoms with van der Waals surface area (Å²) in [6, 6.07) is -1.49. The van der Waals surface area contributed by atoms with Crippen molar-refractivity contribution < 1.29 is 28.0 Å². The number of hydrogen-bond donors (Lipinski definition) is 3. The number of nitro groups is 1. The Morgan fingerprint density at radius 1 is 1.48 bits per heavy atom. The third kappa shape index (κ3) is 7.36. The van der Waals surface area contributed by atoms with E-state index in [9.17, 15) is 23.3 Å². The van der Waals surface area contributed by atoms with Gasteiger partial charge in [0.05, 0.1) is 29.7 Å². The highest BCUT2D eigenvalue weighted by molar-refractivity contribution is 7.88. The van der Waals surface area contributed by atoms with Crippen molar-refractivity contribution in [2.75, 3.05) is 19.9 Å². The van der Waals surface area contributed by atoms with Crippen LogP contribution < -0.4 is 10.0 Å². The number of carboxylic acids is 1. The van der Waals surface area contributed by atoms with Gasteiger partial charge in [0, 0.05) is 32.2 Å². The molecule has 3 N–H and O–H groups in total. The molecule has 1 aromatic rings. The quantitative estimate of drug-likeness (QED) is 0.261. The van der Waals surface area contributed by atoms with Gasteiger partial charge in [0.15, 0.2) is 0 Å². The number of carbonyl (C=O) groups is 1. The molecule has 162 valence electrons. The Kier molecular flexibility index (Phi) is 8.09. The van der Waals surface area contributed by atoms with Crippen LogP contribution in [0.1, 0.15) is 19.3 Å². The fourth-order valence-corrected chi connectivity index (χ4v) is 4.39. The first-order valence-electron chi connectivity index (χ1n) is 8.55. The van der Waals surface area contributed by atoms with Crippen molar-refractivity contribution in [1.29, 1.82) is 0 Å². The first-order chi connectivity index (χ1) is 13.6. The van der Waals surface area contributed by atoms with Gasteiger partial charge in [-0.05, 0) is 17.8 Å². The standard InChI is InChI=1S/C14H22N6O7S2/c1-27-11-6-8(17-18-14-16-7-12(28-14)20(23)24)9(19-29(2,25)26)5-10(11)15-4-3-13(21)22/h7-11,15,19H,3-6H2,1-2H3,(H,21,22). The molecule has 1 aliphatic rings. The molecule has 0 amide bonds. The maximum Gasteiger partial charge on any atom is 0.345 e. The third-order valence-electron chi connectivity index (χ3n) is 4.26. The monoisotopic (exact) mass is 450 g/mol. The smallest absolute Gasteiger partial charge is 0.345 e. The first-order valence-corrected chi connectivity index (χ1v) is 11.3. The largest absolute Gasteiger partial charge is 0.481 e. The summed E-state index contributed by atoms with van der Waals surface area (Å²) in [6.45, 7) is 0.209. The topological polar surface area (TPSA) is 185 Å². The normalized spacial score (nSPS) is 25.3. The maximum atomic E-state index is 11.8. The number of nitrogens with one attached hydrogen (secondary N) is 2. The van der Waals surface area contributed by atoms with Crippen LogP contribution in [0.15, 0.2) is 16.4 Å². The molecule has 0 bridgehead atoms.